The van der Waals surface area contributed by atoms with E-state index in [1.807, 2.05) is 17.5 Å². The maximum Gasteiger partial charge on any atom is 0.340 e. The van der Waals surface area contributed by atoms with Crippen LogP contribution in [0, 0.1) is 0 Å². The van der Waals surface area contributed by atoms with E-state index >= 15 is 0 Å². The second-order valence-electron chi connectivity index (χ2n) is 5.35. The molecule has 8 heteroatoms. The molecule has 0 aliphatic carbocycles. The smallest absolute Gasteiger partial charge is 0.340 e. The van der Waals surface area contributed by atoms with Gasteiger partial charge in [0.05, 0.1) is 5.02 Å². The Hall–Kier alpha value is -2.12. The lowest BCUT2D eigenvalue weighted by Crippen LogP contribution is -2.10. The van der Waals surface area contributed by atoms with Crippen LogP contribution in [0.1, 0.15) is 15.2 Å². The molecule has 0 radical (unpaired) electrons. The van der Waals surface area contributed by atoms with Crippen molar-refractivity contribution in [1.82, 2.24) is 0 Å². The molecule has 138 valence electrons. The maximum atomic E-state index is 12.4. The molecule has 3 rings (SSSR count). The highest BCUT2D eigenvalue weighted by Gasteiger charge is 2.21. The highest BCUT2D eigenvalue weighted by molar-refractivity contribution is 7.87. The van der Waals surface area contributed by atoms with Crippen molar-refractivity contribution in [2.45, 2.75) is 4.90 Å². The van der Waals surface area contributed by atoms with E-state index in [0.717, 1.165) is 4.88 Å². The van der Waals surface area contributed by atoms with Crippen molar-refractivity contribution in [1.29, 1.82) is 0 Å². The molecule has 0 aliphatic rings. The van der Waals surface area contributed by atoms with Crippen LogP contribution in [0.5, 0.6) is 5.75 Å². The lowest BCUT2D eigenvalue weighted by molar-refractivity contribution is 0.104. The molecular weight excluding hydrogens is 427 g/mol. The van der Waals surface area contributed by atoms with Crippen LogP contribution in [-0.2, 0) is 10.1 Å². The van der Waals surface area contributed by atoms with Crippen LogP contribution in [0.2, 0.25) is 10.0 Å². The molecule has 0 aliphatic heterocycles. The quantitative estimate of drug-likeness (QED) is 0.280. The predicted molar refractivity (Wildman–Crippen MR) is 108 cm³/mol. The molecule has 4 nitrogen and oxygen atoms in total. The number of rotatable bonds is 6. The van der Waals surface area contributed by atoms with Gasteiger partial charge in [0.15, 0.2) is 5.78 Å². The molecule has 0 N–H and O–H groups in total. The fourth-order valence-corrected chi connectivity index (χ4v) is 4.44. The zero-order chi connectivity index (χ0) is 19.4. The third-order valence-corrected chi connectivity index (χ3v) is 6.25. The summed E-state index contributed by atoms with van der Waals surface area (Å²) in [6, 6.07) is 13.7. The van der Waals surface area contributed by atoms with E-state index in [2.05, 4.69) is 0 Å². The first-order valence-electron chi connectivity index (χ1n) is 7.61. The number of carbonyl (C=O) groups is 1. The maximum absolute atomic E-state index is 12.4. The molecule has 0 fully saturated rings. The molecule has 1 heterocycles. The van der Waals surface area contributed by atoms with Gasteiger partial charge in [0.1, 0.15) is 10.6 Å². The lowest BCUT2D eigenvalue weighted by atomic mass is 10.1. The van der Waals surface area contributed by atoms with Crippen molar-refractivity contribution in [3.63, 3.8) is 0 Å². The normalized spacial score (nSPS) is 11.6. The van der Waals surface area contributed by atoms with E-state index in [4.69, 9.17) is 27.4 Å². The van der Waals surface area contributed by atoms with Gasteiger partial charge in [0, 0.05) is 15.5 Å². The third-order valence-electron chi connectivity index (χ3n) is 3.45. The molecule has 1 aromatic heterocycles. The first-order chi connectivity index (χ1) is 12.8. The Labute approximate surface area is 170 Å². The van der Waals surface area contributed by atoms with Gasteiger partial charge >= 0.3 is 10.1 Å². The van der Waals surface area contributed by atoms with E-state index in [9.17, 15) is 13.2 Å². The Morgan fingerprint density at radius 2 is 1.78 bits per heavy atom. The van der Waals surface area contributed by atoms with Gasteiger partial charge in [-0.05, 0) is 66.1 Å². The van der Waals surface area contributed by atoms with Crippen LogP contribution in [0.4, 0.5) is 0 Å². The summed E-state index contributed by atoms with van der Waals surface area (Å²) in [5, 5.41) is 2.15. The summed E-state index contributed by atoms with van der Waals surface area (Å²) in [4.78, 5) is 12.9. The molecule has 0 spiro atoms. The minimum atomic E-state index is -4.15. The number of ketones is 1. The number of halogens is 2. The van der Waals surface area contributed by atoms with Crippen LogP contribution < -0.4 is 4.18 Å². The number of hydrogen-bond acceptors (Lipinski definition) is 5. The van der Waals surface area contributed by atoms with Crippen LogP contribution in [0.3, 0.4) is 0 Å². The van der Waals surface area contributed by atoms with Crippen molar-refractivity contribution < 1.29 is 17.4 Å². The topological polar surface area (TPSA) is 60.4 Å². The largest absolute Gasteiger partial charge is 0.379 e. The third kappa shape index (κ3) is 4.99. The van der Waals surface area contributed by atoms with Crippen molar-refractivity contribution in [3.8, 4) is 5.75 Å². The van der Waals surface area contributed by atoms with Crippen LogP contribution in [0.25, 0.3) is 6.08 Å². The summed E-state index contributed by atoms with van der Waals surface area (Å²) >= 11 is 13.3. The van der Waals surface area contributed by atoms with E-state index in [1.54, 1.807) is 6.08 Å². The van der Waals surface area contributed by atoms with Crippen LogP contribution in [-0.4, -0.2) is 14.2 Å². The zero-order valence-corrected chi connectivity index (χ0v) is 16.8. The van der Waals surface area contributed by atoms with Gasteiger partial charge in [-0.1, -0.05) is 29.3 Å². The summed E-state index contributed by atoms with van der Waals surface area (Å²) < 4.78 is 29.8. The first-order valence-corrected chi connectivity index (χ1v) is 10.6. The number of carbonyl (C=O) groups excluding carboxylic acids is 1. The average molecular weight is 439 g/mol. The number of thiophene rings is 1. The summed E-state index contributed by atoms with van der Waals surface area (Å²) in [5.41, 5.74) is 0.411. The van der Waals surface area contributed by atoms with Gasteiger partial charge in [0.25, 0.3) is 0 Å². The molecule has 0 amide bonds. The van der Waals surface area contributed by atoms with E-state index in [1.165, 1.54) is 59.9 Å². The summed E-state index contributed by atoms with van der Waals surface area (Å²) in [6.45, 7) is 0. The van der Waals surface area contributed by atoms with E-state index in [-0.39, 0.29) is 26.5 Å². The second-order valence-corrected chi connectivity index (χ2v) is 8.69. The molecule has 2 aromatic carbocycles. The minimum Gasteiger partial charge on any atom is -0.379 e. The Morgan fingerprint density at radius 3 is 2.44 bits per heavy atom. The van der Waals surface area contributed by atoms with Gasteiger partial charge in [-0.2, -0.15) is 8.42 Å². The molecule has 3 aromatic rings. The standard InChI is InChI=1S/C19H12Cl2O4S2/c20-14-5-9-17(21)19(12-14)27(23,24)25-15-6-3-13(4-7-15)18(22)10-8-16-2-1-11-26-16/h1-12H. The molecular formula is C19H12Cl2O4S2. The average Bonchev–Trinajstić information content (AvgIpc) is 3.15. The molecule has 0 atom stereocenters. The molecule has 0 saturated carbocycles. The van der Waals surface area contributed by atoms with E-state index < -0.39 is 10.1 Å². The van der Waals surface area contributed by atoms with Gasteiger partial charge in [-0.25, -0.2) is 0 Å². The van der Waals surface area contributed by atoms with Gasteiger partial charge in [-0.3, -0.25) is 4.79 Å². The van der Waals surface area contributed by atoms with Crippen LogP contribution in [0.15, 0.2) is 70.9 Å². The molecule has 0 saturated heterocycles. The zero-order valence-electron chi connectivity index (χ0n) is 13.6. The Balaban J connectivity index is 1.75. The predicted octanol–water partition coefficient (Wildman–Crippen LogP) is 5.72. The first kappa shape index (κ1) is 19.6. The SMILES string of the molecule is O=C(C=Cc1cccs1)c1ccc(OS(=O)(=O)c2cc(Cl)ccc2Cl)cc1. The van der Waals surface area contributed by atoms with Crippen LogP contribution >= 0.6 is 34.5 Å². The van der Waals surface area contributed by atoms with Gasteiger partial charge < -0.3 is 4.18 Å². The Morgan fingerprint density at radius 1 is 1.04 bits per heavy atom. The summed E-state index contributed by atoms with van der Waals surface area (Å²) in [5.74, 6) is -0.138. The van der Waals surface area contributed by atoms with Crippen molar-refractivity contribution in [2.75, 3.05) is 0 Å². The highest BCUT2D eigenvalue weighted by Crippen LogP contribution is 2.28. The Bertz CT molecular complexity index is 1090. The Kier molecular flexibility index (Phi) is 6.01. The number of benzene rings is 2. The van der Waals surface area contributed by atoms with Crippen molar-refractivity contribution in [2.24, 2.45) is 0 Å². The summed E-state index contributed by atoms with van der Waals surface area (Å²) in [7, 11) is -4.15. The highest BCUT2D eigenvalue weighted by atomic mass is 35.5. The molecule has 0 bridgehead atoms. The van der Waals surface area contributed by atoms with Gasteiger partial charge in [-0.15, -0.1) is 11.3 Å². The van der Waals surface area contributed by atoms with E-state index in [0.29, 0.717) is 5.56 Å². The lowest BCUT2D eigenvalue weighted by Gasteiger charge is -2.09. The van der Waals surface area contributed by atoms with Gasteiger partial charge in [0.2, 0.25) is 0 Å². The summed E-state index contributed by atoms with van der Waals surface area (Å²) in [6.07, 6.45) is 3.19. The van der Waals surface area contributed by atoms with Crippen molar-refractivity contribution >= 4 is 56.5 Å². The monoisotopic (exact) mass is 438 g/mol. The fraction of sp³-hybridized carbons (Fsp3) is 0. The van der Waals surface area contributed by atoms with Crippen molar-refractivity contribution in [3.05, 3.63) is 86.5 Å². The fourth-order valence-electron chi connectivity index (χ4n) is 2.16. The molecule has 0 unspecified atom stereocenters. The minimum absolute atomic E-state index is 0.00455. The molecule has 27 heavy (non-hydrogen) atoms. The number of hydrogen-bond donors (Lipinski definition) is 0. The number of allylic oxidation sites excluding steroid dienone is 1. The second kappa shape index (κ2) is 8.27.